The Morgan fingerprint density at radius 2 is 2.22 bits per heavy atom. The summed E-state index contributed by atoms with van der Waals surface area (Å²) < 4.78 is 13.3. The van der Waals surface area contributed by atoms with E-state index in [4.69, 9.17) is 11.7 Å². The first kappa shape index (κ1) is 14.4. The quantitative estimate of drug-likeness (QED) is 0.325. The topological polar surface area (TPSA) is 87.9 Å². The molecule has 5 nitrogen and oxygen atoms in total. The van der Waals surface area contributed by atoms with E-state index in [-0.39, 0.29) is 5.84 Å². The number of nitrogens with zero attached hydrogens (tertiary/aromatic N) is 2. The molecule has 18 heavy (non-hydrogen) atoms. The number of amidine groups is 1. The first-order chi connectivity index (χ1) is 8.51. The second-order valence-electron chi connectivity index (χ2n) is 4.10. The van der Waals surface area contributed by atoms with Gasteiger partial charge in [0.2, 0.25) is 0 Å². The Balaban J connectivity index is 3.27. The molecule has 1 aromatic carbocycles. The van der Waals surface area contributed by atoms with Crippen molar-refractivity contribution in [3.8, 4) is 0 Å². The van der Waals surface area contributed by atoms with Crippen LogP contribution in [0.25, 0.3) is 0 Å². The molecule has 0 aliphatic carbocycles. The summed E-state index contributed by atoms with van der Waals surface area (Å²) in [5.41, 5.74) is 0.975. The van der Waals surface area contributed by atoms with Gasteiger partial charge in [-0.25, -0.2) is 10.2 Å². The molecule has 5 N–H and O–H groups in total. The van der Waals surface area contributed by atoms with Gasteiger partial charge in [-0.3, -0.25) is 5.01 Å². The molecule has 0 aliphatic rings. The Hall–Kier alpha value is -1.66. The lowest BCUT2D eigenvalue weighted by molar-refractivity contribution is 0.166. The van der Waals surface area contributed by atoms with Crippen LogP contribution in [-0.2, 0) is 0 Å². The van der Waals surface area contributed by atoms with Crippen LogP contribution in [0.5, 0.6) is 0 Å². The number of aliphatic hydroxyl groups is 1. The van der Waals surface area contributed by atoms with Crippen LogP contribution in [-0.4, -0.2) is 23.0 Å². The highest BCUT2D eigenvalue weighted by molar-refractivity contribution is 5.99. The predicted molar refractivity (Wildman–Crippen MR) is 68.9 cm³/mol. The third kappa shape index (κ3) is 3.18. The molecule has 6 heteroatoms. The van der Waals surface area contributed by atoms with E-state index in [1.807, 2.05) is 6.92 Å². The molecule has 0 saturated heterocycles. The molecule has 0 saturated carbocycles. The van der Waals surface area contributed by atoms with E-state index in [2.05, 4.69) is 5.10 Å². The molecular weight excluding hydrogens is 235 g/mol. The van der Waals surface area contributed by atoms with Gasteiger partial charge in [-0.1, -0.05) is 19.4 Å². The minimum atomic E-state index is -0.692. The van der Waals surface area contributed by atoms with E-state index >= 15 is 0 Å². The van der Waals surface area contributed by atoms with Crippen LogP contribution in [0.3, 0.4) is 0 Å². The molecule has 1 atom stereocenters. The zero-order chi connectivity index (χ0) is 13.7. The van der Waals surface area contributed by atoms with E-state index in [0.717, 1.165) is 6.42 Å². The zero-order valence-corrected chi connectivity index (χ0v) is 10.6. The van der Waals surface area contributed by atoms with E-state index in [9.17, 15) is 9.50 Å². The van der Waals surface area contributed by atoms with Crippen LogP contribution in [0.4, 0.5) is 4.39 Å². The SMILES string of the molecule is CCCC(O)c1ccc(F)cc1/C(=N/N)N(C)N. The minimum absolute atomic E-state index is 0.222. The third-order valence-electron chi connectivity index (χ3n) is 2.63. The van der Waals surface area contributed by atoms with Crippen molar-refractivity contribution >= 4 is 5.84 Å². The molecule has 0 heterocycles. The maximum atomic E-state index is 13.3. The highest BCUT2D eigenvalue weighted by atomic mass is 19.1. The molecule has 0 bridgehead atoms. The summed E-state index contributed by atoms with van der Waals surface area (Å²) in [5.74, 6) is 10.6. The van der Waals surface area contributed by atoms with Gasteiger partial charge in [0.15, 0.2) is 5.84 Å². The summed E-state index contributed by atoms with van der Waals surface area (Å²) in [6.07, 6.45) is 0.693. The highest BCUT2D eigenvalue weighted by Gasteiger charge is 2.18. The van der Waals surface area contributed by atoms with Crippen molar-refractivity contribution in [2.24, 2.45) is 16.8 Å². The first-order valence-electron chi connectivity index (χ1n) is 5.75. The Bertz CT molecular complexity index is 434. The standard InChI is InChI=1S/C12H19FN4O/c1-3-4-11(18)9-6-5-8(13)7-10(9)12(16-14)17(2)15/h5-7,11,18H,3-4,14-15H2,1-2H3/b16-12-. The molecule has 0 aliphatic heterocycles. The summed E-state index contributed by atoms with van der Waals surface area (Å²) in [7, 11) is 1.55. The molecule has 0 spiro atoms. The molecule has 1 aromatic rings. The summed E-state index contributed by atoms with van der Waals surface area (Å²) in [4.78, 5) is 0. The Labute approximate surface area is 106 Å². The van der Waals surface area contributed by atoms with Crippen LogP contribution in [0, 0.1) is 5.82 Å². The molecule has 0 fully saturated rings. The van der Waals surface area contributed by atoms with Gasteiger partial charge >= 0.3 is 0 Å². The second-order valence-corrected chi connectivity index (χ2v) is 4.10. The fourth-order valence-corrected chi connectivity index (χ4v) is 1.79. The van der Waals surface area contributed by atoms with Crippen molar-refractivity contribution in [3.63, 3.8) is 0 Å². The summed E-state index contributed by atoms with van der Waals surface area (Å²) in [6.45, 7) is 1.96. The maximum absolute atomic E-state index is 13.3. The largest absolute Gasteiger partial charge is 0.388 e. The van der Waals surface area contributed by atoms with Gasteiger partial charge in [-0.2, -0.15) is 5.10 Å². The Morgan fingerprint density at radius 3 is 2.72 bits per heavy atom. The fraction of sp³-hybridized carbons (Fsp3) is 0.417. The molecule has 0 amide bonds. The lowest BCUT2D eigenvalue weighted by Gasteiger charge is -2.20. The lowest BCUT2D eigenvalue weighted by Crippen LogP contribution is -2.35. The normalized spacial score (nSPS) is 13.5. The monoisotopic (exact) mass is 254 g/mol. The summed E-state index contributed by atoms with van der Waals surface area (Å²) in [6, 6.07) is 4.09. The maximum Gasteiger partial charge on any atom is 0.169 e. The minimum Gasteiger partial charge on any atom is -0.388 e. The summed E-state index contributed by atoms with van der Waals surface area (Å²) in [5, 5.41) is 14.8. The molecule has 0 radical (unpaired) electrons. The number of hydrazine groups is 1. The van der Waals surface area contributed by atoms with Crippen LogP contribution in [0.1, 0.15) is 37.0 Å². The number of rotatable bonds is 4. The zero-order valence-electron chi connectivity index (χ0n) is 10.6. The molecular formula is C12H19FN4O. The van der Waals surface area contributed by atoms with Crippen molar-refractivity contribution in [1.29, 1.82) is 0 Å². The van der Waals surface area contributed by atoms with Crippen molar-refractivity contribution in [1.82, 2.24) is 5.01 Å². The molecule has 1 unspecified atom stereocenters. The van der Waals surface area contributed by atoms with Crippen molar-refractivity contribution < 1.29 is 9.50 Å². The average molecular weight is 254 g/mol. The van der Waals surface area contributed by atoms with Crippen LogP contribution in [0.2, 0.25) is 0 Å². The number of nitrogens with two attached hydrogens (primary N) is 2. The summed E-state index contributed by atoms with van der Waals surface area (Å²) >= 11 is 0. The van der Waals surface area contributed by atoms with Gasteiger partial charge in [0, 0.05) is 12.6 Å². The molecule has 1 rings (SSSR count). The Kier molecular flexibility index (Phi) is 5.06. The van der Waals surface area contributed by atoms with Crippen molar-refractivity contribution in [3.05, 3.63) is 35.1 Å². The number of hydrogen-bond donors (Lipinski definition) is 3. The van der Waals surface area contributed by atoms with Crippen molar-refractivity contribution in [2.75, 3.05) is 7.05 Å². The van der Waals surface area contributed by atoms with Gasteiger partial charge in [0.05, 0.1) is 6.10 Å². The van der Waals surface area contributed by atoms with E-state index in [1.165, 1.54) is 23.2 Å². The van der Waals surface area contributed by atoms with Gasteiger partial charge in [-0.15, -0.1) is 0 Å². The fourth-order valence-electron chi connectivity index (χ4n) is 1.79. The number of hydrazone groups is 1. The van der Waals surface area contributed by atoms with Gasteiger partial charge in [0.25, 0.3) is 0 Å². The number of benzene rings is 1. The number of aliphatic hydroxyl groups excluding tert-OH is 1. The van der Waals surface area contributed by atoms with Crippen LogP contribution >= 0.6 is 0 Å². The van der Waals surface area contributed by atoms with Crippen LogP contribution in [0.15, 0.2) is 23.3 Å². The first-order valence-corrected chi connectivity index (χ1v) is 5.75. The van der Waals surface area contributed by atoms with Crippen molar-refractivity contribution in [2.45, 2.75) is 25.9 Å². The molecule has 0 aromatic heterocycles. The van der Waals surface area contributed by atoms with Gasteiger partial charge in [-0.05, 0) is 24.1 Å². The smallest absolute Gasteiger partial charge is 0.169 e. The van der Waals surface area contributed by atoms with Gasteiger partial charge in [0.1, 0.15) is 5.82 Å². The second kappa shape index (κ2) is 6.32. The van der Waals surface area contributed by atoms with E-state index in [1.54, 1.807) is 7.05 Å². The third-order valence-corrected chi connectivity index (χ3v) is 2.63. The van der Waals surface area contributed by atoms with E-state index in [0.29, 0.717) is 17.5 Å². The highest BCUT2D eigenvalue weighted by Crippen LogP contribution is 2.24. The predicted octanol–water partition coefficient (Wildman–Crippen LogP) is 1.08. The average Bonchev–Trinajstić information content (AvgIpc) is 2.29. The van der Waals surface area contributed by atoms with Gasteiger partial charge < -0.3 is 10.9 Å². The lowest BCUT2D eigenvalue weighted by atomic mass is 9.98. The van der Waals surface area contributed by atoms with E-state index < -0.39 is 11.9 Å². The Morgan fingerprint density at radius 1 is 1.56 bits per heavy atom. The number of halogens is 1. The molecule has 100 valence electrons. The van der Waals surface area contributed by atoms with Crippen LogP contribution < -0.4 is 11.7 Å². The number of hydrogen-bond acceptors (Lipinski definition) is 4.